The maximum absolute atomic E-state index is 12.5. The molecule has 1 fully saturated rings. The molecule has 1 aliphatic rings. The maximum atomic E-state index is 12.5. The highest BCUT2D eigenvalue weighted by molar-refractivity contribution is 5.94. The molecule has 2 amide bonds. The van der Waals surface area contributed by atoms with Crippen LogP contribution in [0.15, 0.2) is 30.3 Å². The first-order valence-electron chi connectivity index (χ1n) is 8.35. The van der Waals surface area contributed by atoms with E-state index in [0.717, 1.165) is 31.6 Å². The van der Waals surface area contributed by atoms with E-state index in [2.05, 4.69) is 10.2 Å². The number of hydrogen-bond donors (Lipinski definition) is 1. The van der Waals surface area contributed by atoms with Crippen LogP contribution >= 0.6 is 0 Å². The Morgan fingerprint density at radius 3 is 2.46 bits per heavy atom. The maximum Gasteiger partial charge on any atom is 0.416 e. The van der Waals surface area contributed by atoms with Crippen molar-refractivity contribution in [3.05, 3.63) is 41.5 Å². The molecule has 1 aliphatic heterocycles. The number of amides is 2. The summed E-state index contributed by atoms with van der Waals surface area (Å²) in [5.41, 5.74) is -0.275. The Hall–Kier alpha value is -2.35. The van der Waals surface area contributed by atoms with Gasteiger partial charge >= 0.3 is 6.18 Å². The zero-order valence-electron chi connectivity index (χ0n) is 14.6. The monoisotopic (exact) mass is 369 g/mol. The number of nitrogens with one attached hydrogen (secondary N) is 1. The summed E-state index contributed by atoms with van der Waals surface area (Å²) in [4.78, 5) is 27.8. The van der Waals surface area contributed by atoms with Crippen LogP contribution in [0, 0.1) is 0 Å². The van der Waals surface area contributed by atoms with Crippen LogP contribution in [-0.2, 0) is 15.8 Å². The number of carbonyl (C=O) groups excluding carboxylic acids is 2. The van der Waals surface area contributed by atoms with Gasteiger partial charge in [0.25, 0.3) is 0 Å². The molecule has 0 bridgehead atoms. The van der Waals surface area contributed by atoms with Crippen LogP contribution < -0.4 is 5.32 Å². The van der Waals surface area contributed by atoms with Gasteiger partial charge in [-0.15, -0.1) is 0 Å². The van der Waals surface area contributed by atoms with Gasteiger partial charge in [0.15, 0.2) is 0 Å². The number of likely N-dealkylation sites (N-methyl/N-ethyl adjacent to an activating group) is 1. The molecule has 26 heavy (non-hydrogen) atoms. The van der Waals surface area contributed by atoms with Crippen molar-refractivity contribution in [1.29, 1.82) is 0 Å². The molecule has 0 saturated carbocycles. The van der Waals surface area contributed by atoms with Gasteiger partial charge in [0.05, 0.1) is 12.1 Å². The fraction of sp³-hybridized carbons (Fsp3) is 0.444. The van der Waals surface area contributed by atoms with E-state index in [0.29, 0.717) is 18.7 Å². The topological polar surface area (TPSA) is 52.6 Å². The number of alkyl halides is 3. The van der Waals surface area contributed by atoms with Crippen LogP contribution in [0.4, 0.5) is 13.2 Å². The van der Waals surface area contributed by atoms with Crippen molar-refractivity contribution in [2.24, 2.45) is 0 Å². The van der Waals surface area contributed by atoms with Crippen LogP contribution in [0.3, 0.4) is 0 Å². The molecule has 1 aromatic rings. The smallest absolute Gasteiger partial charge is 0.343 e. The Kier molecular flexibility index (Phi) is 6.79. The first-order chi connectivity index (χ1) is 12.3. The van der Waals surface area contributed by atoms with Crippen LogP contribution in [0.2, 0.25) is 0 Å². The average molecular weight is 369 g/mol. The predicted molar refractivity (Wildman–Crippen MR) is 92.2 cm³/mol. The van der Waals surface area contributed by atoms with E-state index >= 15 is 0 Å². The lowest BCUT2D eigenvalue weighted by molar-refractivity contribution is -0.137. The molecule has 1 saturated heterocycles. The highest BCUT2D eigenvalue weighted by Crippen LogP contribution is 2.29. The Bertz CT molecular complexity index is 657. The molecule has 0 spiro atoms. The molecule has 0 radical (unpaired) electrons. The number of hydrogen-bond acceptors (Lipinski definition) is 3. The Balaban J connectivity index is 1.80. The normalized spacial score (nSPS) is 16.5. The van der Waals surface area contributed by atoms with Crippen LogP contribution in [0.25, 0.3) is 6.08 Å². The lowest BCUT2D eigenvalue weighted by Gasteiger charge is -2.20. The minimum atomic E-state index is -4.39. The minimum Gasteiger partial charge on any atom is -0.343 e. The fourth-order valence-electron chi connectivity index (χ4n) is 2.58. The van der Waals surface area contributed by atoms with Gasteiger partial charge in [0, 0.05) is 25.7 Å². The van der Waals surface area contributed by atoms with E-state index in [4.69, 9.17) is 0 Å². The first kappa shape index (κ1) is 20.0. The molecule has 0 atom stereocenters. The molecule has 5 nitrogen and oxygen atoms in total. The lowest BCUT2D eigenvalue weighted by atomic mass is 10.1. The van der Waals surface area contributed by atoms with Gasteiger partial charge in [-0.05, 0) is 43.8 Å². The molecule has 8 heteroatoms. The molecule has 1 N–H and O–H groups in total. The van der Waals surface area contributed by atoms with Crippen molar-refractivity contribution in [2.45, 2.75) is 12.6 Å². The fourth-order valence-corrected chi connectivity index (χ4v) is 2.58. The van der Waals surface area contributed by atoms with Crippen LogP contribution in [-0.4, -0.2) is 61.4 Å². The lowest BCUT2D eigenvalue weighted by Crippen LogP contribution is -2.41. The van der Waals surface area contributed by atoms with Crippen molar-refractivity contribution < 1.29 is 22.8 Å². The number of benzene rings is 1. The highest BCUT2D eigenvalue weighted by Gasteiger charge is 2.29. The van der Waals surface area contributed by atoms with Gasteiger partial charge in [-0.3, -0.25) is 9.59 Å². The van der Waals surface area contributed by atoms with Crippen LogP contribution in [0.1, 0.15) is 17.5 Å². The van der Waals surface area contributed by atoms with E-state index in [-0.39, 0.29) is 12.5 Å². The van der Waals surface area contributed by atoms with Gasteiger partial charge in [-0.1, -0.05) is 12.1 Å². The SMILES string of the molecule is CN1CCCN(C(=O)CNC(=O)/C=C/c2ccc(C(F)(F)F)cc2)CC1. The largest absolute Gasteiger partial charge is 0.416 e. The quantitative estimate of drug-likeness (QED) is 0.826. The zero-order valence-corrected chi connectivity index (χ0v) is 14.6. The second-order valence-corrected chi connectivity index (χ2v) is 6.21. The van der Waals surface area contributed by atoms with E-state index < -0.39 is 17.6 Å². The standard InChI is InChI=1S/C18H22F3N3O2/c1-23-9-2-10-24(12-11-23)17(26)13-22-16(25)8-5-14-3-6-15(7-4-14)18(19,20)21/h3-8H,2,9-13H2,1H3,(H,22,25)/b8-5+. The summed E-state index contributed by atoms with van der Waals surface area (Å²) in [5.74, 6) is -0.609. The third-order valence-electron chi connectivity index (χ3n) is 4.15. The summed E-state index contributed by atoms with van der Waals surface area (Å²) in [6.45, 7) is 2.94. The summed E-state index contributed by atoms with van der Waals surface area (Å²) in [6.07, 6.45) is -0.890. The first-order valence-corrected chi connectivity index (χ1v) is 8.35. The summed E-state index contributed by atoms with van der Waals surface area (Å²) in [6, 6.07) is 4.48. The van der Waals surface area contributed by atoms with Crippen molar-refractivity contribution in [1.82, 2.24) is 15.1 Å². The van der Waals surface area contributed by atoms with Gasteiger partial charge in [-0.25, -0.2) is 0 Å². The summed E-state index contributed by atoms with van der Waals surface area (Å²) in [7, 11) is 2.00. The molecular formula is C18H22F3N3O2. The molecule has 0 aliphatic carbocycles. The Morgan fingerprint density at radius 2 is 1.81 bits per heavy atom. The molecule has 2 rings (SSSR count). The van der Waals surface area contributed by atoms with Crippen molar-refractivity contribution >= 4 is 17.9 Å². The Labute approximate surface area is 150 Å². The number of carbonyl (C=O) groups is 2. The van der Waals surface area contributed by atoms with Crippen molar-refractivity contribution in [3.8, 4) is 0 Å². The average Bonchev–Trinajstić information content (AvgIpc) is 2.82. The number of halogens is 3. The third-order valence-corrected chi connectivity index (χ3v) is 4.15. The summed E-state index contributed by atoms with van der Waals surface area (Å²) in [5, 5.41) is 2.51. The van der Waals surface area contributed by atoms with Crippen LogP contribution in [0.5, 0.6) is 0 Å². The predicted octanol–water partition coefficient (Wildman–Crippen LogP) is 2.00. The second-order valence-electron chi connectivity index (χ2n) is 6.21. The molecule has 1 aromatic carbocycles. The number of nitrogens with zero attached hydrogens (tertiary/aromatic N) is 2. The van der Waals surface area contributed by atoms with E-state index in [1.807, 2.05) is 7.05 Å². The van der Waals surface area contributed by atoms with Crippen molar-refractivity contribution in [2.75, 3.05) is 39.8 Å². The van der Waals surface area contributed by atoms with E-state index in [9.17, 15) is 22.8 Å². The van der Waals surface area contributed by atoms with Gasteiger partial charge in [-0.2, -0.15) is 13.2 Å². The molecular weight excluding hydrogens is 347 g/mol. The highest BCUT2D eigenvalue weighted by atomic mass is 19.4. The van der Waals surface area contributed by atoms with Crippen molar-refractivity contribution in [3.63, 3.8) is 0 Å². The summed E-state index contributed by atoms with van der Waals surface area (Å²) < 4.78 is 37.5. The van der Waals surface area contributed by atoms with Gasteiger partial charge in [0.1, 0.15) is 0 Å². The number of rotatable bonds is 4. The molecule has 0 unspecified atom stereocenters. The Morgan fingerprint density at radius 1 is 1.12 bits per heavy atom. The second kappa shape index (κ2) is 8.84. The molecule has 1 heterocycles. The minimum absolute atomic E-state index is 0.0973. The summed E-state index contributed by atoms with van der Waals surface area (Å²) >= 11 is 0. The van der Waals surface area contributed by atoms with E-state index in [1.54, 1.807) is 4.90 Å². The molecule has 0 aromatic heterocycles. The molecule has 142 valence electrons. The third kappa shape index (κ3) is 6.18. The van der Waals surface area contributed by atoms with Gasteiger partial charge in [0.2, 0.25) is 11.8 Å². The van der Waals surface area contributed by atoms with E-state index in [1.165, 1.54) is 24.3 Å². The van der Waals surface area contributed by atoms with Gasteiger partial charge < -0.3 is 15.1 Å². The zero-order chi connectivity index (χ0) is 19.2.